The van der Waals surface area contributed by atoms with Gasteiger partial charge in [-0.15, -0.1) is 0 Å². The molecular weight excluding hydrogens is 274 g/mol. The monoisotopic (exact) mass is 282 g/mol. The first kappa shape index (κ1) is 13.3. The minimum Gasteiger partial charge on any atom is -0.397 e. The van der Waals surface area contributed by atoms with Gasteiger partial charge in [-0.3, -0.25) is 4.79 Å². The van der Waals surface area contributed by atoms with E-state index in [4.69, 9.17) is 17.3 Å². The first-order valence-electron chi connectivity index (χ1n) is 5.29. The molecule has 0 heterocycles. The summed E-state index contributed by atoms with van der Waals surface area (Å²) in [7, 11) is 0. The van der Waals surface area contributed by atoms with E-state index >= 15 is 0 Å². The molecule has 0 aliphatic carbocycles. The second kappa shape index (κ2) is 5.24. The van der Waals surface area contributed by atoms with Crippen LogP contribution in [0.25, 0.3) is 0 Å². The van der Waals surface area contributed by atoms with Crippen LogP contribution < -0.4 is 11.1 Å². The zero-order valence-electron chi connectivity index (χ0n) is 9.58. The van der Waals surface area contributed by atoms with Crippen LogP contribution in [-0.2, 0) is 0 Å². The predicted octanol–water partition coefficient (Wildman–Crippen LogP) is 3.45. The summed E-state index contributed by atoms with van der Waals surface area (Å²) in [4.78, 5) is 11.8. The lowest BCUT2D eigenvalue weighted by Gasteiger charge is -2.09. The molecule has 3 nitrogen and oxygen atoms in total. The Labute approximate surface area is 113 Å². The number of carbonyl (C=O) groups is 1. The highest BCUT2D eigenvalue weighted by Gasteiger charge is 2.17. The van der Waals surface area contributed by atoms with Gasteiger partial charge in [-0.1, -0.05) is 17.7 Å². The maximum Gasteiger partial charge on any atom is 0.261 e. The Kier molecular flexibility index (Phi) is 3.66. The van der Waals surface area contributed by atoms with Crippen LogP contribution in [-0.4, -0.2) is 5.91 Å². The third kappa shape index (κ3) is 2.82. The summed E-state index contributed by atoms with van der Waals surface area (Å²) in [6.45, 7) is 0. The van der Waals surface area contributed by atoms with Crippen LogP contribution in [0.4, 0.5) is 20.2 Å². The summed E-state index contributed by atoms with van der Waals surface area (Å²) in [6, 6.07) is 7.57. The maximum absolute atomic E-state index is 13.4. The average Bonchev–Trinajstić information content (AvgIpc) is 2.32. The molecule has 3 N–H and O–H groups in total. The topological polar surface area (TPSA) is 55.1 Å². The lowest BCUT2D eigenvalue weighted by atomic mass is 10.1. The molecule has 0 saturated heterocycles. The normalized spacial score (nSPS) is 10.3. The maximum atomic E-state index is 13.4. The van der Waals surface area contributed by atoms with Crippen molar-refractivity contribution in [2.45, 2.75) is 0 Å². The van der Waals surface area contributed by atoms with Gasteiger partial charge in [-0.25, -0.2) is 8.78 Å². The fourth-order valence-corrected chi connectivity index (χ4v) is 1.73. The molecule has 6 heteroatoms. The van der Waals surface area contributed by atoms with Gasteiger partial charge in [0, 0.05) is 5.02 Å². The fourth-order valence-electron chi connectivity index (χ4n) is 1.55. The number of carbonyl (C=O) groups excluding carboxylic acids is 1. The van der Waals surface area contributed by atoms with Crippen molar-refractivity contribution in [2.75, 3.05) is 11.1 Å². The highest BCUT2D eigenvalue weighted by Crippen LogP contribution is 2.24. The van der Waals surface area contributed by atoms with Crippen molar-refractivity contribution in [3.63, 3.8) is 0 Å². The molecule has 0 atom stereocenters. The number of nitrogens with two attached hydrogens (primary N) is 1. The molecule has 0 aliphatic rings. The number of rotatable bonds is 2. The van der Waals surface area contributed by atoms with E-state index in [1.54, 1.807) is 0 Å². The highest BCUT2D eigenvalue weighted by molar-refractivity contribution is 6.31. The quantitative estimate of drug-likeness (QED) is 0.829. The Bertz CT molecular complexity index is 626. The van der Waals surface area contributed by atoms with Gasteiger partial charge in [-0.2, -0.15) is 0 Å². The molecule has 19 heavy (non-hydrogen) atoms. The summed E-state index contributed by atoms with van der Waals surface area (Å²) >= 11 is 5.71. The second-order valence-corrected chi connectivity index (χ2v) is 4.22. The van der Waals surface area contributed by atoms with E-state index in [1.165, 1.54) is 24.3 Å². The lowest BCUT2D eigenvalue weighted by molar-refractivity contribution is 0.101. The smallest absolute Gasteiger partial charge is 0.261 e. The fraction of sp³-hybridized carbons (Fsp3) is 0. The molecule has 2 rings (SSSR count). The first-order chi connectivity index (χ1) is 8.99. The molecule has 0 fully saturated rings. The van der Waals surface area contributed by atoms with Crippen molar-refractivity contribution in [3.05, 3.63) is 58.6 Å². The number of hydrogen-bond acceptors (Lipinski definition) is 2. The van der Waals surface area contributed by atoms with Gasteiger partial charge >= 0.3 is 0 Å². The molecule has 1 amide bonds. The van der Waals surface area contributed by atoms with E-state index < -0.39 is 23.1 Å². The SMILES string of the molecule is Nc1cc(Cl)ccc1NC(=O)c1c(F)cccc1F. The minimum absolute atomic E-state index is 0.206. The predicted molar refractivity (Wildman–Crippen MR) is 70.2 cm³/mol. The molecule has 0 unspecified atom stereocenters. The standard InChI is InChI=1S/C13H9ClF2N2O/c14-7-4-5-11(10(17)6-7)18-13(19)12-8(15)2-1-3-9(12)16/h1-6H,17H2,(H,18,19). The molecule has 0 spiro atoms. The molecule has 0 bridgehead atoms. The van der Waals surface area contributed by atoms with Crippen molar-refractivity contribution in [2.24, 2.45) is 0 Å². The molecule has 2 aromatic carbocycles. The van der Waals surface area contributed by atoms with Gasteiger partial charge in [0.1, 0.15) is 17.2 Å². The third-order valence-electron chi connectivity index (χ3n) is 2.45. The largest absolute Gasteiger partial charge is 0.397 e. The van der Waals surface area contributed by atoms with Crippen molar-refractivity contribution in [3.8, 4) is 0 Å². The van der Waals surface area contributed by atoms with Crippen LogP contribution in [0.2, 0.25) is 5.02 Å². The van der Waals surface area contributed by atoms with E-state index in [-0.39, 0.29) is 11.4 Å². The van der Waals surface area contributed by atoms with E-state index in [0.29, 0.717) is 5.02 Å². The molecule has 0 radical (unpaired) electrons. The Hall–Kier alpha value is -2.14. The van der Waals surface area contributed by atoms with Crippen LogP contribution >= 0.6 is 11.6 Å². The Morgan fingerprint density at radius 2 is 1.79 bits per heavy atom. The van der Waals surface area contributed by atoms with Crippen molar-refractivity contribution in [1.29, 1.82) is 0 Å². The van der Waals surface area contributed by atoms with Crippen LogP contribution in [0.15, 0.2) is 36.4 Å². The number of benzene rings is 2. The van der Waals surface area contributed by atoms with Gasteiger partial charge in [0.15, 0.2) is 0 Å². The number of amides is 1. The van der Waals surface area contributed by atoms with E-state index in [2.05, 4.69) is 5.32 Å². The molecule has 0 aromatic heterocycles. The molecule has 0 aliphatic heterocycles. The van der Waals surface area contributed by atoms with Crippen LogP contribution in [0.1, 0.15) is 10.4 Å². The third-order valence-corrected chi connectivity index (χ3v) is 2.69. The summed E-state index contributed by atoms with van der Waals surface area (Å²) in [5.74, 6) is -2.79. The highest BCUT2D eigenvalue weighted by atomic mass is 35.5. The van der Waals surface area contributed by atoms with Gasteiger partial charge in [0.05, 0.1) is 11.4 Å². The van der Waals surface area contributed by atoms with Crippen LogP contribution in [0.3, 0.4) is 0 Å². The number of nitrogen functional groups attached to an aromatic ring is 1. The molecule has 0 saturated carbocycles. The van der Waals surface area contributed by atoms with E-state index in [1.807, 2.05) is 0 Å². The number of nitrogens with one attached hydrogen (secondary N) is 1. The van der Waals surface area contributed by atoms with Gasteiger partial charge in [0.2, 0.25) is 0 Å². The van der Waals surface area contributed by atoms with Crippen LogP contribution in [0.5, 0.6) is 0 Å². The van der Waals surface area contributed by atoms with Gasteiger partial charge in [0.25, 0.3) is 5.91 Å². The number of hydrogen-bond donors (Lipinski definition) is 2. The second-order valence-electron chi connectivity index (χ2n) is 3.78. The van der Waals surface area contributed by atoms with Crippen molar-refractivity contribution < 1.29 is 13.6 Å². The van der Waals surface area contributed by atoms with Crippen molar-refractivity contribution >= 4 is 28.9 Å². The van der Waals surface area contributed by atoms with Crippen molar-refractivity contribution in [1.82, 2.24) is 0 Å². The summed E-state index contributed by atoms with van der Waals surface area (Å²) in [6.07, 6.45) is 0. The first-order valence-corrected chi connectivity index (χ1v) is 5.67. The minimum atomic E-state index is -0.940. The zero-order chi connectivity index (χ0) is 14.0. The van der Waals surface area contributed by atoms with E-state index in [0.717, 1.165) is 12.1 Å². The Morgan fingerprint density at radius 3 is 2.37 bits per heavy atom. The lowest BCUT2D eigenvalue weighted by Crippen LogP contribution is -2.16. The Balaban J connectivity index is 2.31. The van der Waals surface area contributed by atoms with Crippen LogP contribution in [0, 0.1) is 11.6 Å². The molecule has 98 valence electrons. The number of halogens is 3. The zero-order valence-corrected chi connectivity index (χ0v) is 10.3. The summed E-state index contributed by atoms with van der Waals surface area (Å²) in [5, 5.41) is 2.73. The van der Waals surface area contributed by atoms with E-state index in [9.17, 15) is 13.6 Å². The van der Waals surface area contributed by atoms with Gasteiger partial charge in [-0.05, 0) is 30.3 Å². The Morgan fingerprint density at radius 1 is 1.16 bits per heavy atom. The van der Waals surface area contributed by atoms with Gasteiger partial charge < -0.3 is 11.1 Å². The summed E-state index contributed by atoms with van der Waals surface area (Å²) in [5.41, 5.74) is 5.42. The molecular formula is C13H9ClF2N2O. The number of anilines is 2. The summed E-state index contributed by atoms with van der Waals surface area (Å²) < 4.78 is 26.8. The molecule has 2 aromatic rings. The average molecular weight is 283 g/mol.